The van der Waals surface area contributed by atoms with Gasteiger partial charge in [0.05, 0.1) is 0 Å². The van der Waals surface area contributed by atoms with Gasteiger partial charge in [-0.15, -0.1) is 22.6 Å². The minimum atomic E-state index is -0.0752. The van der Waals surface area contributed by atoms with E-state index in [1.807, 2.05) is 30.3 Å². The summed E-state index contributed by atoms with van der Waals surface area (Å²) in [7, 11) is 0. The molecule has 0 aliphatic carbocycles. The number of nitrogens with one attached hydrogen (secondary N) is 1. The van der Waals surface area contributed by atoms with E-state index in [-0.39, 0.29) is 18.4 Å². The molecule has 1 heterocycles. The molecule has 0 saturated carbocycles. The standard InChI is InChI=1S/C9H11N5.ClH/c10-8(6-9-11-13-14-12-9)7-4-2-1-3-5-7;/h1-5,8H,6,10H2,(H,11,12,13,14);1H. The minimum Gasteiger partial charge on any atom is -0.324 e. The van der Waals surface area contributed by atoms with E-state index in [1.165, 1.54) is 0 Å². The van der Waals surface area contributed by atoms with Crippen molar-refractivity contribution < 1.29 is 0 Å². The minimum absolute atomic E-state index is 0. The van der Waals surface area contributed by atoms with Crippen LogP contribution in [0.1, 0.15) is 17.4 Å². The predicted molar refractivity (Wildman–Crippen MR) is 58.5 cm³/mol. The molecule has 15 heavy (non-hydrogen) atoms. The van der Waals surface area contributed by atoms with Gasteiger partial charge < -0.3 is 5.73 Å². The first-order valence-electron chi connectivity index (χ1n) is 4.39. The van der Waals surface area contributed by atoms with Gasteiger partial charge in [-0.05, 0) is 5.56 Å². The lowest BCUT2D eigenvalue weighted by molar-refractivity contribution is 0.688. The smallest absolute Gasteiger partial charge is 0.176 e. The zero-order valence-corrected chi connectivity index (χ0v) is 8.81. The number of halogens is 1. The van der Waals surface area contributed by atoms with Gasteiger partial charge in [-0.2, -0.15) is 5.21 Å². The number of aromatic amines is 1. The molecule has 1 aromatic carbocycles. The molecule has 2 rings (SSSR count). The summed E-state index contributed by atoms with van der Waals surface area (Å²) in [5.41, 5.74) is 7.05. The molecule has 0 aliphatic heterocycles. The van der Waals surface area contributed by atoms with Crippen LogP contribution in [0.4, 0.5) is 0 Å². The van der Waals surface area contributed by atoms with Gasteiger partial charge in [0.2, 0.25) is 0 Å². The second-order valence-electron chi connectivity index (χ2n) is 3.05. The summed E-state index contributed by atoms with van der Waals surface area (Å²) in [4.78, 5) is 0. The monoisotopic (exact) mass is 225 g/mol. The van der Waals surface area contributed by atoms with Crippen LogP contribution in [0.3, 0.4) is 0 Å². The Bertz CT molecular complexity index is 375. The summed E-state index contributed by atoms with van der Waals surface area (Å²) in [6.07, 6.45) is 0.598. The maximum Gasteiger partial charge on any atom is 0.176 e. The van der Waals surface area contributed by atoms with Gasteiger partial charge in [0.1, 0.15) is 0 Å². The van der Waals surface area contributed by atoms with E-state index < -0.39 is 0 Å². The number of hydrogen-bond donors (Lipinski definition) is 2. The van der Waals surface area contributed by atoms with Crippen LogP contribution in [0.25, 0.3) is 0 Å². The molecule has 0 saturated heterocycles. The fourth-order valence-electron chi connectivity index (χ4n) is 1.28. The van der Waals surface area contributed by atoms with Gasteiger partial charge in [-0.25, -0.2) is 0 Å². The SMILES string of the molecule is Cl.NC(Cc1nn[nH]n1)c1ccccc1. The molecule has 5 nitrogen and oxygen atoms in total. The Balaban J connectivity index is 0.00000112. The first-order chi connectivity index (χ1) is 6.86. The van der Waals surface area contributed by atoms with Crippen molar-refractivity contribution in [3.8, 4) is 0 Å². The zero-order valence-electron chi connectivity index (χ0n) is 8.00. The molecular weight excluding hydrogens is 214 g/mol. The van der Waals surface area contributed by atoms with E-state index in [0.29, 0.717) is 12.2 Å². The number of nitrogens with zero attached hydrogens (tertiary/aromatic N) is 3. The Kier molecular flexibility index (Phi) is 4.20. The van der Waals surface area contributed by atoms with Crippen molar-refractivity contribution in [2.75, 3.05) is 0 Å². The summed E-state index contributed by atoms with van der Waals surface area (Å²) in [5, 5.41) is 13.6. The van der Waals surface area contributed by atoms with Crippen molar-refractivity contribution in [3.63, 3.8) is 0 Å². The van der Waals surface area contributed by atoms with Gasteiger partial charge >= 0.3 is 0 Å². The lowest BCUT2D eigenvalue weighted by Crippen LogP contribution is -2.14. The molecule has 0 aliphatic rings. The van der Waals surface area contributed by atoms with Crippen molar-refractivity contribution >= 4 is 12.4 Å². The lowest BCUT2D eigenvalue weighted by atomic mass is 10.1. The van der Waals surface area contributed by atoms with Crippen LogP contribution in [-0.2, 0) is 6.42 Å². The highest BCUT2D eigenvalue weighted by molar-refractivity contribution is 5.85. The highest BCUT2D eigenvalue weighted by atomic mass is 35.5. The van der Waals surface area contributed by atoms with Crippen LogP contribution in [0.5, 0.6) is 0 Å². The first kappa shape index (κ1) is 11.6. The Morgan fingerprint density at radius 3 is 2.60 bits per heavy atom. The van der Waals surface area contributed by atoms with Crippen LogP contribution in [-0.4, -0.2) is 20.6 Å². The fraction of sp³-hybridized carbons (Fsp3) is 0.222. The summed E-state index contributed by atoms with van der Waals surface area (Å²) < 4.78 is 0. The predicted octanol–water partition coefficient (Wildman–Crippen LogP) is 0.864. The van der Waals surface area contributed by atoms with Crippen LogP contribution < -0.4 is 5.73 Å². The van der Waals surface area contributed by atoms with Gasteiger partial charge in [0, 0.05) is 12.5 Å². The fourth-order valence-corrected chi connectivity index (χ4v) is 1.28. The van der Waals surface area contributed by atoms with E-state index in [4.69, 9.17) is 5.73 Å². The molecular formula is C9H12ClN5. The van der Waals surface area contributed by atoms with Crippen molar-refractivity contribution in [1.29, 1.82) is 0 Å². The Morgan fingerprint density at radius 1 is 1.27 bits per heavy atom. The lowest BCUT2D eigenvalue weighted by Gasteiger charge is -2.08. The molecule has 1 atom stereocenters. The van der Waals surface area contributed by atoms with E-state index in [0.717, 1.165) is 5.56 Å². The third kappa shape index (κ3) is 3.00. The normalized spacial score (nSPS) is 11.8. The van der Waals surface area contributed by atoms with E-state index >= 15 is 0 Å². The Labute approximate surface area is 93.5 Å². The van der Waals surface area contributed by atoms with Crippen LogP contribution >= 0.6 is 12.4 Å². The average Bonchev–Trinajstić information content (AvgIpc) is 2.72. The number of tetrazole rings is 1. The molecule has 6 heteroatoms. The summed E-state index contributed by atoms with van der Waals surface area (Å²) in [5.74, 6) is 0.640. The molecule has 1 unspecified atom stereocenters. The number of nitrogens with two attached hydrogens (primary N) is 1. The number of H-pyrrole nitrogens is 1. The van der Waals surface area contributed by atoms with E-state index in [1.54, 1.807) is 0 Å². The Hall–Kier alpha value is -1.46. The summed E-state index contributed by atoms with van der Waals surface area (Å²) in [6, 6.07) is 9.80. The van der Waals surface area contributed by atoms with E-state index in [2.05, 4.69) is 20.6 Å². The zero-order chi connectivity index (χ0) is 9.80. The van der Waals surface area contributed by atoms with Crippen LogP contribution in [0.2, 0.25) is 0 Å². The highest BCUT2D eigenvalue weighted by Crippen LogP contribution is 2.12. The Morgan fingerprint density at radius 2 is 2.00 bits per heavy atom. The van der Waals surface area contributed by atoms with Gasteiger partial charge in [-0.1, -0.05) is 35.5 Å². The maximum atomic E-state index is 5.96. The van der Waals surface area contributed by atoms with Crippen LogP contribution in [0, 0.1) is 0 Å². The summed E-state index contributed by atoms with van der Waals surface area (Å²) in [6.45, 7) is 0. The van der Waals surface area contributed by atoms with Gasteiger partial charge in [0.15, 0.2) is 5.82 Å². The second-order valence-corrected chi connectivity index (χ2v) is 3.05. The number of hydrogen-bond acceptors (Lipinski definition) is 4. The van der Waals surface area contributed by atoms with Crippen molar-refractivity contribution in [2.45, 2.75) is 12.5 Å². The molecule has 3 N–H and O–H groups in total. The molecule has 2 aromatic rings. The number of benzene rings is 1. The number of aromatic nitrogens is 4. The number of rotatable bonds is 3. The molecule has 1 aromatic heterocycles. The van der Waals surface area contributed by atoms with Crippen molar-refractivity contribution in [3.05, 3.63) is 41.7 Å². The van der Waals surface area contributed by atoms with Crippen molar-refractivity contribution in [2.24, 2.45) is 5.73 Å². The summed E-state index contributed by atoms with van der Waals surface area (Å²) >= 11 is 0. The molecule has 0 bridgehead atoms. The largest absolute Gasteiger partial charge is 0.324 e. The molecule has 0 spiro atoms. The maximum absolute atomic E-state index is 5.96. The average molecular weight is 226 g/mol. The second kappa shape index (κ2) is 5.43. The molecule has 0 fully saturated rings. The van der Waals surface area contributed by atoms with E-state index in [9.17, 15) is 0 Å². The third-order valence-corrected chi connectivity index (χ3v) is 2.02. The first-order valence-corrected chi connectivity index (χ1v) is 4.39. The molecule has 0 radical (unpaired) electrons. The molecule has 80 valence electrons. The third-order valence-electron chi connectivity index (χ3n) is 2.02. The topological polar surface area (TPSA) is 80.5 Å². The molecule has 0 amide bonds. The quantitative estimate of drug-likeness (QED) is 0.812. The highest BCUT2D eigenvalue weighted by Gasteiger charge is 2.08. The van der Waals surface area contributed by atoms with Crippen molar-refractivity contribution in [1.82, 2.24) is 20.6 Å². The van der Waals surface area contributed by atoms with Crippen LogP contribution in [0.15, 0.2) is 30.3 Å². The van der Waals surface area contributed by atoms with Gasteiger partial charge in [0.25, 0.3) is 0 Å². The van der Waals surface area contributed by atoms with Gasteiger partial charge in [-0.3, -0.25) is 0 Å².